The second-order valence-corrected chi connectivity index (χ2v) is 14.5. The van der Waals surface area contributed by atoms with Gasteiger partial charge in [0.25, 0.3) is 0 Å². The van der Waals surface area contributed by atoms with Crippen LogP contribution in [0.3, 0.4) is 0 Å². The molecule has 4 aromatic rings. The Hall–Kier alpha value is -4.68. The summed E-state index contributed by atoms with van der Waals surface area (Å²) in [6, 6.07) is 20.0. The fraction of sp³-hybridized carbons (Fsp3) is 0.286. The molecule has 2 N–H and O–H groups in total. The van der Waals surface area contributed by atoms with Gasteiger partial charge in [-0.15, -0.1) is 0 Å². The normalized spacial score (nSPS) is 18.9. The Morgan fingerprint density at radius 1 is 0.915 bits per heavy atom. The van der Waals surface area contributed by atoms with Crippen molar-refractivity contribution in [2.75, 3.05) is 16.8 Å². The third kappa shape index (κ3) is 6.10. The van der Waals surface area contributed by atoms with E-state index in [1.807, 2.05) is 24.3 Å². The molecule has 0 radical (unpaired) electrons. The number of anilines is 2. The van der Waals surface area contributed by atoms with Crippen LogP contribution in [-0.2, 0) is 31.1 Å². The number of imide groups is 1. The van der Waals surface area contributed by atoms with Crippen molar-refractivity contribution >= 4 is 58.2 Å². The number of esters is 1. The van der Waals surface area contributed by atoms with Crippen molar-refractivity contribution in [2.45, 2.75) is 55.8 Å². The van der Waals surface area contributed by atoms with Gasteiger partial charge in [-0.1, -0.05) is 68.1 Å². The summed E-state index contributed by atoms with van der Waals surface area (Å²) in [5, 5.41) is 11.9. The summed E-state index contributed by atoms with van der Waals surface area (Å²) in [5.41, 5.74) is 2.86. The zero-order valence-corrected chi connectivity index (χ0v) is 27.8. The van der Waals surface area contributed by atoms with Crippen LogP contribution in [0.2, 0.25) is 0 Å². The maximum Gasteiger partial charge on any atom is 0.338 e. The number of ether oxygens (including phenoxy) is 1. The topological polar surface area (TPSA) is 135 Å². The van der Waals surface area contributed by atoms with Gasteiger partial charge in [-0.2, -0.15) is 0 Å². The molecule has 3 atom stereocenters. The van der Waals surface area contributed by atoms with Gasteiger partial charge >= 0.3 is 10.8 Å². The molecule has 242 valence electrons. The Morgan fingerprint density at radius 3 is 2.19 bits per heavy atom. The van der Waals surface area contributed by atoms with Crippen LogP contribution in [-0.4, -0.2) is 45.2 Å². The van der Waals surface area contributed by atoms with Crippen LogP contribution < -0.4 is 15.1 Å². The lowest BCUT2D eigenvalue weighted by atomic mass is 9.81. The summed E-state index contributed by atoms with van der Waals surface area (Å²) in [4.78, 5) is 68.4. The number of rotatable bonds is 7. The second-order valence-electron chi connectivity index (χ2n) is 12.4. The fourth-order valence-corrected chi connectivity index (χ4v) is 8.68. The molecule has 3 amide bonds. The van der Waals surface area contributed by atoms with Gasteiger partial charge in [0.15, 0.2) is 0 Å². The number of hydrogen-bond acceptors (Lipinski definition) is 9. The molecule has 2 aliphatic rings. The molecule has 2 aliphatic heterocycles. The number of fused-ring (bicyclic) bond motifs is 2. The van der Waals surface area contributed by atoms with Crippen LogP contribution in [0, 0.1) is 5.92 Å². The Labute approximate surface area is 279 Å². The average Bonchev–Trinajstić information content (AvgIpc) is 3.48. The molecule has 1 aromatic heterocycles. The Balaban J connectivity index is 1.39. The summed E-state index contributed by atoms with van der Waals surface area (Å²) >= 11 is 2.11. The molecule has 10 nitrogen and oxygen atoms in total. The van der Waals surface area contributed by atoms with Crippen LogP contribution >= 0.6 is 23.1 Å². The quantitative estimate of drug-likeness (QED) is 0.149. The Bertz CT molecular complexity index is 1920. The molecule has 3 unspecified atom stereocenters. The summed E-state index contributed by atoms with van der Waals surface area (Å²) in [6.45, 7) is 7.94. The number of hydrogen-bond donors (Lipinski definition) is 2. The molecule has 1 saturated heterocycles. The van der Waals surface area contributed by atoms with Gasteiger partial charge in [-0.3, -0.25) is 23.7 Å². The van der Waals surface area contributed by atoms with Gasteiger partial charge in [0, 0.05) is 16.5 Å². The fourth-order valence-electron chi connectivity index (χ4n) is 5.91. The highest BCUT2D eigenvalue weighted by Crippen LogP contribution is 2.54. The van der Waals surface area contributed by atoms with E-state index in [1.54, 1.807) is 31.2 Å². The number of nitrogens with one attached hydrogen (secondary N) is 1. The Morgan fingerprint density at radius 2 is 1.57 bits per heavy atom. The van der Waals surface area contributed by atoms with E-state index in [1.165, 1.54) is 28.8 Å². The van der Waals surface area contributed by atoms with E-state index in [-0.39, 0.29) is 29.2 Å². The van der Waals surface area contributed by atoms with Crippen molar-refractivity contribution in [1.82, 2.24) is 4.57 Å². The smallest absolute Gasteiger partial charge is 0.338 e. The first kappa shape index (κ1) is 32.3. The zero-order valence-electron chi connectivity index (χ0n) is 26.2. The minimum atomic E-state index is -0.854. The monoisotopic (exact) mass is 671 g/mol. The predicted octanol–water partition coefficient (Wildman–Crippen LogP) is 5.52. The van der Waals surface area contributed by atoms with Gasteiger partial charge in [0.2, 0.25) is 17.7 Å². The van der Waals surface area contributed by atoms with Crippen molar-refractivity contribution < 1.29 is 29.0 Å². The van der Waals surface area contributed by atoms with E-state index in [4.69, 9.17) is 4.74 Å². The number of aromatic nitrogens is 1. The Kier molecular flexibility index (Phi) is 8.58. The van der Waals surface area contributed by atoms with Gasteiger partial charge in [0.05, 0.1) is 28.8 Å². The number of carbonyl (C=O) groups is 4. The lowest BCUT2D eigenvalue weighted by Gasteiger charge is -2.31. The second kappa shape index (κ2) is 12.5. The van der Waals surface area contributed by atoms with Crippen molar-refractivity contribution in [3.63, 3.8) is 0 Å². The van der Waals surface area contributed by atoms with Crippen molar-refractivity contribution in [3.05, 3.63) is 104 Å². The third-order valence-corrected chi connectivity index (χ3v) is 10.9. The maximum absolute atomic E-state index is 14.2. The number of thiazole rings is 1. The highest BCUT2D eigenvalue weighted by molar-refractivity contribution is 8.00. The molecule has 0 saturated carbocycles. The van der Waals surface area contributed by atoms with Crippen LogP contribution in [0.1, 0.15) is 60.0 Å². The number of amides is 3. The number of carbonyl (C=O) groups excluding carboxylic acids is 4. The highest BCUT2D eigenvalue weighted by atomic mass is 32.2. The predicted molar refractivity (Wildman–Crippen MR) is 180 cm³/mol. The SMILES string of the molecule is CCOC(=O)c1ccc(N2C(=O)C3Sc4c(sc(=O)n4CC(=O)Nc4ccc(O)cc4)C(c4ccc(C(C)(C)C)cc4)C3C2=O)cc1. The number of nitrogens with zero attached hydrogens (tertiary/aromatic N) is 2. The highest BCUT2D eigenvalue weighted by Gasteiger charge is 2.56. The van der Waals surface area contributed by atoms with Crippen molar-refractivity contribution in [3.8, 4) is 5.75 Å². The zero-order chi connectivity index (χ0) is 33.6. The van der Waals surface area contributed by atoms with E-state index in [0.29, 0.717) is 26.8 Å². The standard InChI is InChI=1S/C35H33N3O7S2/c1-5-45-33(43)20-8-14-23(15-9-20)38-30(41)27-26(19-6-10-21(11-7-19)35(2,3)4)29-32(46-28(27)31(38)42)37(34(44)47-29)18-25(40)36-22-12-16-24(39)17-13-22/h6-17,26-28,39H,5,18H2,1-4H3,(H,36,40). The van der Waals surface area contributed by atoms with Crippen LogP contribution in [0.25, 0.3) is 0 Å². The summed E-state index contributed by atoms with van der Waals surface area (Å²) in [5.74, 6) is -3.15. The average molecular weight is 672 g/mol. The molecular formula is C35H33N3O7S2. The van der Waals surface area contributed by atoms with Crippen LogP contribution in [0.4, 0.5) is 11.4 Å². The first-order valence-corrected chi connectivity index (χ1v) is 16.8. The van der Waals surface area contributed by atoms with E-state index in [2.05, 4.69) is 26.1 Å². The molecule has 0 bridgehead atoms. The van der Waals surface area contributed by atoms with Gasteiger partial charge in [-0.05, 0) is 72.0 Å². The summed E-state index contributed by atoms with van der Waals surface area (Å²) in [7, 11) is 0. The van der Waals surface area contributed by atoms with E-state index >= 15 is 0 Å². The minimum absolute atomic E-state index is 0.0541. The first-order valence-electron chi connectivity index (χ1n) is 15.1. The van der Waals surface area contributed by atoms with Gasteiger partial charge < -0.3 is 15.2 Å². The van der Waals surface area contributed by atoms with Crippen LogP contribution in [0.15, 0.2) is 82.6 Å². The summed E-state index contributed by atoms with van der Waals surface area (Å²) in [6.07, 6.45) is 0. The van der Waals surface area contributed by atoms with Crippen molar-refractivity contribution in [2.24, 2.45) is 5.92 Å². The molecule has 3 heterocycles. The lowest BCUT2D eigenvalue weighted by Crippen LogP contribution is -2.33. The van der Waals surface area contributed by atoms with E-state index < -0.39 is 40.8 Å². The first-order chi connectivity index (χ1) is 22.4. The maximum atomic E-state index is 14.2. The number of phenols is 1. The minimum Gasteiger partial charge on any atom is -0.508 e. The molecule has 12 heteroatoms. The number of thioether (sulfide) groups is 1. The summed E-state index contributed by atoms with van der Waals surface area (Å²) < 4.78 is 6.43. The number of phenolic OH excluding ortho intramolecular Hbond substituents is 1. The number of benzene rings is 3. The third-order valence-electron chi connectivity index (χ3n) is 8.27. The molecule has 1 fully saturated rings. The van der Waals surface area contributed by atoms with Crippen molar-refractivity contribution in [1.29, 1.82) is 0 Å². The van der Waals surface area contributed by atoms with E-state index in [0.717, 1.165) is 39.1 Å². The largest absolute Gasteiger partial charge is 0.508 e. The molecule has 0 spiro atoms. The molecule has 3 aromatic carbocycles. The molecule has 6 rings (SSSR count). The number of aromatic hydroxyl groups is 1. The molecular weight excluding hydrogens is 639 g/mol. The lowest BCUT2D eigenvalue weighted by molar-refractivity contribution is -0.122. The molecule has 0 aliphatic carbocycles. The van der Waals surface area contributed by atoms with Gasteiger partial charge in [0.1, 0.15) is 17.5 Å². The van der Waals surface area contributed by atoms with Gasteiger partial charge in [-0.25, -0.2) is 9.69 Å². The molecule has 47 heavy (non-hydrogen) atoms. The van der Waals surface area contributed by atoms with E-state index in [9.17, 15) is 29.1 Å². The van der Waals surface area contributed by atoms with Crippen LogP contribution in [0.5, 0.6) is 5.75 Å².